The van der Waals surface area contributed by atoms with E-state index in [9.17, 15) is 20.3 Å². The number of benzene rings is 2. The number of aryl methyl sites for hydroxylation is 1. The summed E-state index contributed by atoms with van der Waals surface area (Å²) in [6.07, 6.45) is 2.75. The van der Waals surface area contributed by atoms with E-state index in [2.05, 4.69) is 11.0 Å². The molecule has 7 nitrogen and oxygen atoms in total. The lowest BCUT2D eigenvalue weighted by Crippen LogP contribution is -2.33. The molecule has 2 heterocycles. The smallest absolute Gasteiger partial charge is 0.340 e. The molecule has 0 saturated carbocycles. The van der Waals surface area contributed by atoms with Gasteiger partial charge in [0.15, 0.2) is 0 Å². The number of likely N-dealkylation sites (tertiary alicyclic amines) is 1. The van der Waals surface area contributed by atoms with Gasteiger partial charge in [-0.25, -0.2) is 4.79 Å². The Balaban J connectivity index is 0.00000380. The first-order valence-corrected chi connectivity index (χ1v) is 13.4. The minimum Gasteiger partial charge on any atom is -0.506 e. The molecule has 0 aliphatic carbocycles. The van der Waals surface area contributed by atoms with Crippen LogP contribution in [0.15, 0.2) is 41.3 Å². The summed E-state index contributed by atoms with van der Waals surface area (Å²) in [5, 5.41) is 30.8. The van der Waals surface area contributed by atoms with Crippen molar-refractivity contribution < 1.29 is 19.7 Å². The zero-order chi connectivity index (χ0) is 25.7. The first-order chi connectivity index (χ1) is 17.5. The zero-order valence-corrected chi connectivity index (χ0v) is 22.9. The number of nitrogens with zero attached hydrogens (tertiary/aromatic N) is 3. The van der Waals surface area contributed by atoms with E-state index in [1.54, 1.807) is 24.8 Å². The van der Waals surface area contributed by atoms with Crippen LogP contribution in [-0.2, 0) is 24.1 Å². The molecule has 0 atom stereocenters. The van der Waals surface area contributed by atoms with Gasteiger partial charge in [-0.2, -0.15) is 5.26 Å². The molecule has 198 valence electrons. The van der Waals surface area contributed by atoms with Gasteiger partial charge in [0.2, 0.25) is 0 Å². The summed E-state index contributed by atoms with van der Waals surface area (Å²) in [6, 6.07) is 13.8. The number of hydrogen-bond acceptors (Lipinski definition) is 7. The van der Waals surface area contributed by atoms with Crippen LogP contribution in [0.25, 0.3) is 10.9 Å². The summed E-state index contributed by atoms with van der Waals surface area (Å²) < 4.78 is 7.43. The van der Waals surface area contributed by atoms with Crippen LogP contribution in [-0.4, -0.2) is 52.0 Å². The third-order valence-electron chi connectivity index (χ3n) is 7.03. The fourth-order valence-electron chi connectivity index (χ4n) is 5.05. The van der Waals surface area contributed by atoms with Gasteiger partial charge >= 0.3 is 5.97 Å². The van der Waals surface area contributed by atoms with E-state index in [0.717, 1.165) is 48.5 Å². The third-order valence-corrected chi connectivity index (χ3v) is 8.05. The number of aromatic nitrogens is 1. The van der Waals surface area contributed by atoms with Crippen LogP contribution in [0.2, 0.25) is 0 Å². The van der Waals surface area contributed by atoms with Crippen molar-refractivity contribution in [2.24, 2.45) is 13.0 Å². The van der Waals surface area contributed by atoms with E-state index < -0.39 is 5.97 Å². The predicted octanol–water partition coefficient (Wildman–Crippen LogP) is 5.24. The highest BCUT2D eigenvalue weighted by atomic mass is 35.5. The summed E-state index contributed by atoms with van der Waals surface area (Å²) in [5.74, 6) is 0.552. The lowest BCUT2D eigenvalue weighted by atomic mass is 9.93. The van der Waals surface area contributed by atoms with Gasteiger partial charge in [0.1, 0.15) is 11.8 Å². The molecular formula is C28H34ClN3O4S. The first kappa shape index (κ1) is 28.9. The minimum atomic E-state index is -0.418. The number of carbonyl (C=O) groups excluding carboxylic acids is 1. The molecule has 0 amide bonds. The van der Waals surface area contributed by atoms with Crippen molar-refractivity contribution >= 4 is 41.0 Å². The van der Waals surface area contributed by atoms with Crippen molar-refractivity contribution in [2.75, 3.05) is 26.3 Å². The van der Waals surface area contributed by atoms with Crippen LogP contribution in [0.3, 0.4) is 0 Å². The lowest BCUT2D eigenvalue weighted by molar-refractivity contribution is 0.0527. The Labute approximate surface area is 228 Å². The molecule has 0 bridgehead atoms. The Hall–Kier alpha value is -2.70. The molecule has 1 aliphatic heterocycles. The van der Waals surface area contributed by atoms with Gasteiger partial charge in [0, 0.05) is 47.5 Å². The lowest BCUT2D eigenvalue weighted by Gasteiger charge is -2.32. The second-order valence-electron chi connectivity index (χ2n) is 9.19. The number of hydrogen-bond donors (Lipinski definition) is 2. The molecule has 0 radical (unpaired) electrons. The van der Waals surface area contributed by atoms with E-state index >= 15 is 0 Å². The topological polar surface area (TPSA) is 98.7 Å². The van der Waals surface area contributed by atoms with E-state index in [0.29, 0.717) is 34.7 Å². The van der Waals surface area contributed by atoms with E-state index in [1.807, 2.05) is 41.9 Å². The summed E-state index contributed by atoms with van der Waals surface area (Å²) in [7, 11) is 1.90. The number of rotatable bonds is 9. The molecule has 1 aliphatic rings. The van der Waals surface area contributed by atoms with E-state index in [4.69, 9.17) is 4.74 Å². The van der Waals surface area contributed by atoms with E-state index in [-0.39, 0.29) is 36.9 Å². The SMILES string of the molecule is CCOC(=O)c1c(CSc2ccccc2)n(C)c2cc(C#N)c(O)c(CN3CCC(CCO)CC3)c12.Cl. The van der Waals surface area contributed by atoms with Crippen LogP contribution in [0.5, 0.6) is 5.75 Å². The number of aliphatic hydroxyl groups excluding tert-OH is 1. The summed E-state index contributed by atoms with van der Waals surface area (Å²) in [5.41, 5.74) is 2.80. The molecule has 0 spiro atoms. The van der Waals surface area contributed by atoms with Gasteiger partial charge in [-0.1, -0.05) is 18.2 Å². The Morgan fingerprint density at radius 1 is 1.24 bits per heavy atom. The van der Waals surface area contributed by atoms with Crippen molar-refractivity contribution in [3.05, 3.63) is 58.8 Å². The summed E-state index contributed by atoms with van der Waals surface area (Å²) in [4.78, 5) is 16.6. The van der Waals surface area contributed by atoms with Crippen LogP contribution in [0.4, 0.5) is 0 Å². The highest BCUT2D eigenvalue weighted by Crippen LogP contribution is 2.39. The minimum absolute atomic E-state index is 0. The molecule has 0 unspecified atom stereocenters. The number of ether oxygens (including phenoxy) is 1. The fraction of sp³-hybridized carbons (Fsp3) is 0.429. The molecule has 9 heteroatoms. The number of nitriles is 1. The number of halogens is 1. The number of fused-ring (bicyclic) bond motifs is 1. The second kappa shape index (κ2) is 13.2. The fourth-order valence-corrected chi connectivity index (χ4v) is 6.04. The normalized spacial score (nSPS) is 14.3. The average molecular weight is 544 g/mol. The number of carbonyl (C=O) groups is 1. The number of phenolic OH excluding ortho intramolecular Hbond substituents is 1. The molecule has 1 saturated heterocycles. The van der Waals surface area contributed by atoms with Gasteiger partial charge in [-0.05, 0) is 63.4 Å². The van der Waals surface area contributed by atoms with Gasteiger partial charge in [-0.15, -0.1) is 24.2 Å². The summed E-state index contributed by atoms with van der Waals surface area (Å²) >= 11 is 1.63. The summed E-state index contributed by atoms with van der Waals surface area (Å²) in [6.45, 7) is 4.33. The quantitative estimate of drug-likeness (QED) is 0.281. The monoisotopic (exact) mass is 543 g/mol. The average Bonchev–Trinajstić information content (AvgIpc) is 3.17. The number of aromatic hydroxyl groups is 1. The highest BCUT2D eigenvalue weighted by molar-refractivity contribution is 7.98. The van der Waals surface area contributed by atoms with Gasteiger partial charge in [-0.3, -0.25) is 4.90 Å². The third kappa shape index (κ3) is 6.24. The van der Waals surface area contributed by atoms with Crippen LogP contribution in [0.1, 0.15) is 53.4 Å². The molecule has 2 N–H and O–H groups in total. The van der Waals surface area contributed by atoms with Crippen LogP contribution in [0, 0.1) is 17.2 Å². The van der Waals surface area contributed by atoms with Crippen molar-refractivity contribution in [1.82, 2.24) is 9.47 Å². The van der Waals surface area contributed by atoms with E-state index in [1.165, 1.54) is 0 Å². The number of aliphatic hydroxyl groups is 1. The molecule has 3 aromatic rings. The van der Waals surface area contributed by atoms with Gasteiger partial charge in [0.25, 0.3) is 0 Å². The first-order valence-electron chi connectivity index (χ1n) is 12.4. The number of thioether (sulfide) groups is 1. The molecule has 4 rings (SSSR count). The van der Waals surface area contributed by atoms with Crippen LogP contribution >= 0.6 is 24.2 Å². The largest absolute Gasteiger partial charge is 0.506 e. The Morgan fingerprint density at radius 3 is 2.57 bits per heavy atom. The predicted molar refractivity (Wildman–Crippen MR) is 148 cm³/mol. The van der Waals surface area contributed by atoms with Crippen molar-refractivity contribution in [2.45, 2.75) is 43.4 Å². The van der Waals surface area contributed by atoms with Crippen molar-refractivity contribution in [3.8, 4) is 11.8 Å². The molecular weight excluding hydrogens is 510 g/mol. The Kier molecular flexibility index (Phi) is 10.3. The van der Waals surface area contributed by atoms with Crippen molar-refractivity contribution in [1.29, 1.82) is 5.26 Å². The Bertz CT molecular complexity index is 1260. The molecule has 2 aromatic carbocycles. The van der Waals surface area contributed by atoms with Gasteiger partial charge < -0.3 is 19.5 Å². The van der Waals surface area contributed by atoms with Crippen LogP contribution < -0.4 is 0 Å². The maximum absolute atomic E-state index is 13.3. The second-order valence-corrected chi connectivity index (χ2v) is 10.2. The molecule has 1 fully saturated rings. The van der Waals surface area contributed by atoms with Crippen molar-refractivity contribution in [3.63, 3.8) is 0 Å². The number of piperidine rings is 1. The standard InChI is InChI=1S/C28H33N3O4S.ClH/c1-3-35-28(34)26-24(18-36-21-7-5-4-6-8-21)30(2)23-15-20(16-29)27(33)22(25(23)26)17-31-12-9-19(10-13-31)11-14-32;/h4-8,15,19,32-33H,3,9-14,17-18H2,1-2H3;1H. The number of phenols is 1. The van der Waals surface area contributed by atoms with Gasteiger partial charge in [0.05, 0.1) is 23.3 Å². The maximum Gasteiger partial charge on any atom is 0.340 e. The zero-order valence-electron chi connectivity index (χ0n) is 21.3. The molecule has 37 heavy (non-hydrogen) atoms. The number of esters is 1. The molecule has 1 aromatic heterocycles. The highest BCUT2D eigenvalue weighted by Gasteiger charge is 2.29. The maximum atomic E-state index is 13.3. The Morgan fingerprint density at radius 2 is 1.95 bits per heavy atom.